The van der Waals surface area contributed by atoms with Gasteiger partial charge in [0.05, 0.1) is 12.7 Å². The Kier molecular flexibility index (Phi) is 9.04. The maximum atomic E-state index is 13.5. The lowest BCUT2D eigenvalue weighted by Crippen LogP contribution is -2.39. The van der Waals surface area contributed by atoms with E-state index in [4.69, 9.17) is 0 Å². The molecule has 0 spiro atoms. The lowest BCUT2D eigenvalue weighted by atomic mass is 9.85. The summed E-state index contributed by atoms with van der Waals surface area (Å²) < 4.78 is 15.3. The molecule has 0 fully saturated rings. The molecule has 1 aromatic heterocycles. The minimum Gasteiger partial charge on any atom is -0.357 e. The number of guanidine groups is 1. The first-order valence-corrected chi connectivity index (χ1v) is 8.66. The Morgan fingerprint density at radius 3 is 2.69 bits per heavy atom. The summed E-state index contributed by atoms with van der Waals surface area (Å²) in [6.45, 7) is 8.32. The number of nitrogens with zero attached hydrogens (tertiary/aromatic N) is 3. The van der Waals surface area contributed by atoms with Crippen molar-refractivity contribution in [1.82, 2.24) is 20.4 Å². The molecule has 0 saturated carbocycles. The molecule has 0 atom stereocenters. The van der Waals surface area contributed by atoms with Crippen LogP contribution in [-0.2, 0) is 18.9 Å². The van der Waals surface area contributed by atoms with Crippen molar-refractivity contribution in [3.8, 4) is 0 Å². The second kappa shape index (κ2) is 10.5. The summed E-state index contributed by atoms with van der Waals surface area (Å²) in [5.41, 5.74) is 1.89. The van der Waals surface area contributed by atoms with E-state index in [0.717, 1.165) is 31.0 Å². The molecule has 7 heteroatoms. The van der Waals surface area contributed by atoms with E-state index in [1.54, 1.807) is 16.8 Å². The van der Waals surface area contributed by atoms with Gasteiger partial charge in [-0.15, -0.1) is 24.0 Å². The highest BCUT2D eigenvalue weighted by Gasteiger charge is 2.21. The average Bonchev–Trinajstić information content (AvgIpc) is 2.98. The molecular weight excluding hydrogens is 444 g/mol. The Morgan fingerprint density at radius 1 is 1.31 bits per heavy atom. The van der Waals surface area contributed by atoms with Gasteiger partial charge in [0, 0.05) is 31.7 Å². The average molecular weight is 473 g/mol. The molecule has 0 bridgehead atoms. The molecule has 26 heavy (non-hydrogen) atoms. The Balaban J connectivity index is 0.00000338. The van der Waals surface area contributed by atoms with E-state index in [1.165, 1.54) is 11.6 Å². The molecular formula is C19H29FIN5. The number of benzene rings is 1. The largest absolute Gasteiger partial charge is 0.357 e. The monoisotopic (exact) mass is 473 g/mol. The summed E-state index contributed by atoms with van der Waals surface area (Å²) in [7, 11) is 1.91. The lowest BCUT2D eigenvalue weighted by Gasteiger charge is -2.24. The van der Waals surface area contributed by atoms with Crippen LogP contribution in [-0.4, -0.2) is 35.4 Å². The summed E-state index contributed by atoms with van der Waals surface area (Å²) >= 11 is 0. The molecule has 1 aromatic carbocycles. The van der Waals surface area contributed by atoms with Crippen LogP contribution in [0.5, 0.6) is 0 Å². The van der Waals surface area contributed by atoms with Crippen molar-refractivity contribution < 1.29 is 4.39 Å². The molecule has 144 valence electrons. The molecule has 1 heterocycles. The number of hydrogen-bond donors (Lipinski definition) is 2. The van der Waals surface area contributed by atoms with Crippen LogP contribution >= 0.6 is 24.0 Å². The molecule has 0 aliphatic carbocycles. The molecule has 0 unspecified atom stereocenters. The number of hydrogen-bond acceptors (Lipinski definition) is 2. The topological polar surface area (TPSA) is 54.2 Å². The molecule has 2 N–H and O–H groups in total. The van der Waals surface area contributed by atoms with Gasteiger partial charge in [-0.05, 0) is 36.6 Å². The molecule has 2 rings (SSSR count). The zero-order valence-electron chi connectivity index (χ0n) is 15.9. The fourth-order valence-electron chi connectivity index (χ4n) is 2.55. The minimum absolute atomic E-state index is 0. The van der Waals surface area contributed by atoms with Crippen LogP contribution in [0.1, 0.15) is 31.9 Å². The fourth-order valence-corrected chi connectivity index (χ4v) is 2.55. The summed E-state index contributed by atoms with van der Waals surface area (Å²) in [5, 5.41) is 10.8. The van der Waals surface area contributed by atoms with Crippen molar-refractivity contribution in [2.45, 2.75) is 32.6 Å². The first-order valence-electron chi connectivity index (χ1n) is 8.66. The van der Waals surface area contributed by atoms with Crippen molar-refractivity contribution in [1.29, 1.82) is 0 Å². The number of halogens is 2. The second-order valence-corrected chi connectivity index (χ2v) is 6.79. The molecule has 0 amide bonds. The number of rotatable bonds is 7. The molecule has 5 nitrogen and oxygen atoms in total. The summed E-state index contributed by atoms with van der Waals surface area (Å²) in [6, 6.07) is 6.74. The van der Waals surface area contributed by atoms with Crippen LogP contribution in [0.25, 0.3) is 0 Å². The van der Waals surface area contributed by atoms with Crippen molar-refractivity contribution in [3.63, 3.8) is 0 Å². The van der Waals surface area contributed by atoms with Gasteiger partial charge in [-0.25, -0.2) is 4.39 Å². The summed E-state index contributed by atoms with van der Waals surface area (Å²) in [5.74, 6) is 0.562. The maximum Gasteiger partial charge on any atom is 0.191 e. The summed E-state index contributed by atoms with van der Waals surface area (Å²) in [4.78, 5) is 4.68. The predicted molar refractivity (Wildman–Crippen MR) is 116 cm³/mol. The number of aliphatic imine (C=N–C) groups is 1. The van der Waals surface area contributed by atoms with E-state index < -0.39 is 0 Å². The summed E-state index contributed by atoms with van der Waals surface area (Å²) in [6.07, 6.45) is 4.77. The Bertz CT molecular complexity index is 711. The third-order valence-electron chi connectivity index (χ3n) is 4.05. The standard InChI is InChI=1S/C19H28FN5.HI/c1-5-21-18(22-10-9-15-12-24-25(4)13-15)23-14-19(2,3)16-7-6-8-17(20)11-16;/h6-8,11-13H,5,9-10,14H2,1-4H3,(H2,21,22,23);1H. The van der Waals surface area contributed by atoms with Crippen LogP contribution < -0.4 is 10.6 Å². The van der Waals surface area contributed by atoms with Crippen LogP contribution in [0.4, 0.5) is 4.39 Å². The molecule has 0 saturated heterocycles. The van der Waals surface area contributed by atoms with Gasteiger partial charge in [0.2, 0.25) is 0 Å². The Morgan fingerprint density at radius 2 is 2.08 bits per heavy atom. The van der Waals surface area contributed by atoms with Gasteiger partial charge in [0.25, 0.3) is 0 Å². The molecule has 0 aliphatic rings. The van der Waals surface area contributed by atoms with E-state index in [0.29, 0.717) is 6.54 Å². The molecule has 0 aliphatic heterocycles. The highest BCUT2D eigenvalue weighted by Crippen LogP contribution is 2.24. The first-order chi connectivity index (χ1) is 11.9. The van der Waals surface area contributed by atoms with Gasteiger partial charge in [-0.3, -0.25) is 9.67 Å². The maximum absolute atomic E-state index is 13.5. The number of nitrogens with one attached hydrogen (secondary N) is 2. The fraction of sp³-hybridized carbons (Fsp3) is 0.474. The molecule has 0 radical (unpaired) electrons. The van der Waals surface area contributed by atoms with E-state index in [2.05, 4.69) is 34.6 Å². The van der Waals surface area contributed by atoms with Gasteiger partial charge in [0.15, 0.2) is 5.96 Å². The third-order valence-corrected chi connectivity index (χ3v) is 4.05. The van der Waals surface area contributed by atoms with Gasteiger partial charge < -0.3 is 10.6 Å². The quantitative estimate of drug-likeness (QED) is 0.369. The highest BCUT2D eigenvalue weighted by molar-refractivity contribution is 14.0. The van der Waals surface area contributed by atoms with Gasteiger partial charge in [0.1, 0.15) is 5.82 Å². The zero-order chi connectivity index (χ0) is 18.3. The van der Waals surface area contributed by atoms with Crippen LogP contribution in [0.15, 0.2) is 41.7 Å². The van der Waals surface area contributed by atoms with Crippen LogP contribution in [0.2, 0.25) is 0 Å². The van der Waals surface area contributed by atoms with Gasteiger partial charge in [-0.2, -0.15) is 5.10 Å². The van der Waals surface area contributed by atoms with Crippen LogP contribution in [0, 0.1) is 5.82 Å². The Labute approximate surface area is 172 Å². The van der Waals surface area contributed by atoms with E-state index in [1.807, 2.05) is 32.4 Å². The SMILES string of the molecule is CCNC(=NCC(C)(C)c1cccc(F)c1)NCCc1cnn(C)c1.I. The minimum atomic E-state index is -0.242. The smallest absolute Gasteiger partial charge is 0.191 e. The van der Waals surface area contributed by atoms with Crippen molar-refractivity contribution in [2.75, 3.05) is 19.6 Å². The van der Waals surface area contributed by atoms with Crippen molar-refractivity contribution in [3.05, 3.63) is 53.6 Å². The van der Waals surface area contributed by atoms with E-state index in [9.17, 15) is 4.39 Å². The zero-order valence-corrected chi connectivity index (χ0v) is 18.3. The lowest BCUT2D eigenvalue weighted by molar-refractivity contribution is 0.529. The normalized spacial score (nSPS) is 11.8. The van der Waals surface area contributed by atoms with Crippen molar-refractivity contribution >= 4 is 29.9 Å². The number of aromatic nitrogens is 2. The van der Waals surface area contributed by atoms with E-state index >= 15 is 0 Å². The second-order valence-electron chi connectivity index (χ2n) is 6.79. The molecule has 2 aromatic rings. The first kappa shape index (κ1) is 22.4. The van der Waals surface area contributed by atoms with Crippen molar-refractivity contribution in [2.24, 2.45) is 12.0 Å². The third kappa shape index (κ3) is 6.93. The van der Waals surface area contributed by atoms with E-state index in [-0.39, 0.29) is 35.2 Å². The predicted octanol–water partition coefficient (Wildman–Crippen LogP) is 3.25. The Hall–Kier alpha value is -1.64. The highest BCUT2D eigenvalue weighted by atomic mass is 127. The van der Waals surface area contributed by atoms with Gasteiger partial charge >= 0.3 is 0 Å². The van der Waals surface area contributed by atoms with Gasteiger partial charge in [-0.1, -0.05) is 26.0 Å². The van der Waals surface area contributed by atoms with Crippen LogP contribution in [0.3, 0.4) is 0 Å². The number of aryl methyl sites for hydroxylation is 1.